The van der Waals surface area contributed by atoms with Crippen LogP contribution in [-0.2, 0) is 11.3 Å². The van der Waals surface area contributed by atoms with E-state index in [-0.39, 0.29) is 6.61 Å². The number of aliphatic hydroxyl groups excluding tert-OH is 1. The zero-order valence-electron chi connectivity index (χ0n) is 13.2. The van der Waals surface area contributed by atoms with Crippen LogP contribution in [0, 0.1) is 0 Å². The lowest BCUT2D eigenvalue weighted by Gasteiger charge is -2.20. The predicted octanol–water partition coefficient (Wildman–Crippen LogP) is 3.04. The molecule has 0 aromatic heterocycles. The van der Waals surface area contributed by atoms with Crippen molar-refractivity contribution < 1.29 is 19.4 Å². The topological polar surface area (TPSA) is 67.8 Å². The molecule has 2 rings (SSSR count). The first-order valence-corrected chi connectivity index (χ1v) is 7.39. The SMILES string of the molecule is COc1ccc(C(O)C(C)NC(=O)OCc2ccccc2)cc1. The Bertz CT molecular complexity index is 613. The lowest BCUT2D eigenvalue weighted by molar-refractivity contribution is 0.106. The molecule has 0 spiro atoms. The molecule has 0 saturated carbocycles. The first-order chi connectivity index (χ1) is 11.1. The van der Waals surface area contributed by atoms with Crippen molar-refractivity contribution in [1.82, 2.24) is 5.32 Å². The smallest absolute Gasteiger partial charge is 0.407 e. The van der Waals surface area contributed by atoms with Crippen LogP contribution in [0.3, 0.4) is 0 Å². The number of ether oxygens (including phenoxy) is 2. The molecule has 0 aliphatic rings. The van der Waals surface area contributed by atoms with Crippen LogP contribution in [0.1, 0.15) is 24.2 Å². The molecule has 0 fully saturated rings. The average molecular weight is 315 g/mol. The fraction of sp³-hybridized carbons (Fsp3) is 0.278. The predicted molar refractivity (Wildman–Crippen MR) is 87.2 cm³/mol. The molecule has 0 aliphatic carbocycles. The summed E-state index contributed by atoms with van der Waals surface area (Å²) in [5, 5.41) is 12.9. The van der Waals surface area contributed by atoms with Gasteiger partial charge in [0.25, 0.3) is 0 Å². The number of carbonyl (C=O) groups is 1. The Kier molecular flexibility index (Phi) is 6.00. The number of nitrogens with one attached hydrogen (secondary N) is 1. The fourth-order valence-corrected chi connectivity index (χ4v) is 2.12. The monoisotopic (exact) mass is 315 g/mol. The summed E-state index contributed by atoms with van der Waals surface area (Å²) in [5.74, 6) is 0.712. The van der Waals surface area contributed by atoms with E-state index in [0.29, 0.717) is 11.3 Å². The third-order valence-electron chi connectivity index (χ3n) is 3.49. The average Bonchev–Trinajstić information content (AvgIpc) is 2.60. The molecular formula is C18H21NO4. The lowest BCUT2D eigenvalue weighted by atomic mass is 10.0. The molecule has 2 atom stereocenters. The Balaban J connectivity index is 1.84. The van der Waals surface area contributed by atoms with Gasteiger partial charge in [0.2, 0.25) is 0 Å². The standard InChI is InChI=1S/C18H21NO4/c1-13(17(20)15-8-10-16(22-2)11-9-15)19-18(21)23-12-14-6-4-3-5-7-14/h3-11,13,17,20H,12H2,1-2H3,(H,19,21). The van der Waals surface area contributed by atoms with Gasteiger partial charge in [0.15, 0.2) is 0 Å². The lowest BCUT2D eigenvalue weighted by Crippen LogP contribution is -2.37. The minimum absolute atomic E-state index is 0.192. The molecule has 0 saturated heterocycles. The number of hydrogen-bond acceptors (Lipinski definition) is 4. The zero-order chi connectivity index (χ0) is 16.7. The number of rotatable bonds is 6. The van der Waals surface area contributed by atoms with Crippen molar-refractivity contribution >= 4 is 6.09 Å². The van der Waals surface area contributed by atoms with E-state index in [9.17, 15) is 9.90 Å². The zero-order valence-corrected chi connectivity index (χ0v) is 13.2. The molecule has 0 radical (unpaired) electrons. The van der Waals surface area contributed by atoms with Gasteiger partial charge in [-0.1, -0.05) is 42.5 Å². The molecule has 5 heteroatoms. The Morgan fingerprint density at radius 3 is 2.39 bits per heavy atom. The van der Waals surface area contributed by atoms with Crippen LogP contribution in [0.15, 0.2) is 54.6 Å². The number of hydrogen-bond donors (Lipinski definition) is 2. The van der Waals surface area contributed by atoms with Gasteiger partial charge >= 0.3 is 6.09 Å². The van der Waals surface area contributed by atoms with E-state index in [2.05, 4.69) is 5.32 Å². The van der Waals surface area contributed by atoms with Crippen molar-refractivity contribution in [1.29, 1.82) is 0 Å². The van der Waals surface area contributed by atoms with Gasteiger partial charge in [0.05, 0.1) is 19.3 Å². The number of carbonyl (C=O) groups excluding carboxylic acids is 1. The van der Waals surface area contributed by atoms with E-state index in [1.807, 2.05) is 30.3 Å². The Hall–Kier alpha value is -2.53. The summed E-state index contributed by atoms with van der Waals surface area (Å²) in [6.07, 6.45) is -1.39. The maximum Gasteiger partial charge on any atom is 0.407 e. The highest BCUT2D eigenvalue weighted by Crippen LogP contribution is 2.20. The van der Waals surface area contributed by atoms with Gasteiger partial charge in [0, 0.05) is 0 Å². The molecule has 23 heavy (non-hydrogen) atoms. The van der Waals surface area contributed by atoms with Crippen LogP contribution in [0.5, 0.6) is 5.75 Å². The summed E-state index contributed by atoms with van der Waals surface area (Å²) < 4.78 is 10.2. The van der Waals surface area contributed by atoms with Gasteiger partial charge in [-0.15, -0.1) is 0 Å². The van der Waals surface area contributed by atoms with E-state index in [0.717, 1.165) is 5.56 Å². The summed E-state index contributed by atoms with van der Waals surface area (Å²) in [6.45, 7) is 1.91. The van der Waals surface area contributed by atoms with Crippen molar-refractivity contribution in [3.63, 3.8) is 0 Å². The molecular weight excluding hydrogens is 294 g/mol. The summed E-state index contributed by atoms with van der Waals surface area (Å²) in [4.78, 5) is 11.8. The second-order valence-electron chi connectivity index (χ2n) is 5.21. The molecule has 5 nitrogen and oxygen atoms in total. The molecule has 2 N–H and O–H groups in total. The number of aliphatic hydroxyl groups is 1. The summed E-state index contributed by atoms with van der Waals surface area (Å²) >= 11 is 0. The highest BCUT2D eigenvalue weighted by molar-refractivity contribution is 5.67. The number of methoxy groups -OCH3 is 1. The third kappa shape index (κ3) is 5.00. The van der Waals surface area contributed by atoms with E-state index < -0.39 is 18.2 Å². The molecule has 0 heterocycles. The summed E-state index contributed by atoms with van der Waals surface area (Å²) in [7, 11) is 1.58. The molecule has 2 aromatic rings. The van der Waals surface area contributed by atoms with Crippen LogP contribution in [-0.4, -0.2) is 24.4 Å². The molecule has 0 aliphatic heterocycles. The Labute approximate surface area is 135 Å². The summed E-state index contributed by atoms with van der Waals surface area (Å²) in [6, 6.07) is 16.0. The molecule has 0 bridgehead atoms. The van der Waals surface area contributed by atoms with Crippen molar-refractivity contribution in [2.24, 2.45) is 0 Å². The maximum atomic E-state index is 11.8. The molecule has 2 aromatic carbocycles. The van der Waals surface area contributed by atoms with Crippen LogP contribution < -0.4 is 10.1 Å². The van der Waals surface area contributed by atoms with Crippen LogP contribution in [0.2, 0.25) is 0 Å². The van der Waals surface area contributed by atoms with Crippen LogP contribution in [0.25, 0.3) is 0 Å². The van der Waals surface area contributed by atoms with Crippen molar-refractivity contribution in [2.45, 2.75) is 25.7 Å². The van der Waals surface area contributed by atoms with Crippen molar-refractivity contribution in [3.05, 3.63) is 65.7 Å². The van der Waals surface area contributed by atoms with E-state index in [1.54, 1.807) is 38.3 Å². The minimum Gasteiger partial charge on any atom is -0.497 e. The Morgan fingerprint density at radius 1 is 1.13 bits per heavy atom. The first kappa shape index (κ1) is 16.8. The van der Waals surface area contributed by atoms with E-state index >= 15 is 0 Å². The van der Waals surface area contributed by atoms with Crippen molar-refractivity contribution in [2.75, 3.05) is 7.11 Å². The second kappa shape index (κ2) is 8.19. The highest BCUT2D eigenvalue weighted by atomic mass is 16.5. The van der Waals surface area contributed by atoms with Gasteiger partial charge in [-0.3, -0.25) is 0 Å². The molecule has 2 unspecified atom stereocenters. The van der Waals surface area contributed by atoms with Gasteiger partial charge in [0.1, 0.15) is 12.4 Å². The normalized spacial score (nSPS) is 13.0. The Morgan fingerprint density at radius 2 is 1.78 bits per heavy atom. The first-order valence-electron chi connectivity index (χ1n) is 7.39. The summed E-state index contributed by atoms with van der Waals surface area (Å²) in [5.41, 5.74) is 1.60. The maximum absolute atomic E-state index is 11.8. The third-order valence-corrected chi connectivity index (χ3v) is 3.49. The largest absolute Gasteiger partial charge is 0.497 e. The second-order valence-corrected chi connectivity index (χ2v) is 5.21. The van der Waals surface area contributed by atoms with Gasteiger partial charge < -0.3 is 19.9 Å². The fourth-order valence-electron chi connectivity index (χ4n) is 2.12. The van der Waals surface area contributed by atoms with E-state index in [1.165, 1.54) is 0 Å². The van der Waals surface area contributed by atoms with Crippen LogP contribution >= 0.6 is 0 Å². The van der Waals surface area contributed by atoms with Gasteiger partial charge in [-0.05, 0) is 30.2 Å². The number of amides is 1. The van der Waals surface area contributed by atoms with E-state index in [4.69, 9.17) is 9.47 Å². The minimum atomic E-state index is -0.829. The number of benzene rings is 2. The molecule has 122 valence electrons. The number of alkyl carbamates (subject to hydrolysis) is 1. The molecule has 1 amide bonds. The van der Waals surface area contributed by atoms with Gasteiger partial charge in [-0.2, -0.15) is 0 Å². The van der Waals surface area contributed by atoms with Crippen LogP contribution in [0.4, 0.5) is 4.79 Å². The quantitative estimate of drug-likeness (QED) is 0.860. The highest BCUT2D eigenvalue weighted by Gasteiger charge is 2.19. The van der Waals surface area contributed by atoms with Crippen molar-refractivity contribution in [3.8, 4) is 5.75 Å². The van der Waals surface area contributed by atoms with Gasteiger partial charge in [-0.25, -0.2) is 4.79 Å².